The van der Waals surface area contributed by atoms with Gasteiger partial charge in [0.1, 0.15) is 11.6 Å². The topological polar surface area (TPSA) is 92.6 Å². The van der Waals surface area contributed by atoms with E-state index in [0.717, 1.165) is 18.7 Å². The van der Waals surface area contributed by atoms with Crippen LogP contribution in [0.1, 0.15) is 53.6 Å². The SMILES string of the molecule is CC1CN(C(=O)c2ccccc2)CC1c1nn2c(C3CCOCC3)ncc2c(=O)[nH]1. The Balaban J connectivity index is 1.45. The van der Waals surface area contributed by atoms with Gasteiger partial charge in [-0.2, -0.15) is 5.10 Å². The molecule has 2 fully saturated rings. The predicted octanol–water partition coefficient (Wildman–Crippen LogP) is 2.19. The third-order valence-electron chi connectivity index (χ3n) is 6.30. The zero-order valence-electron chi connectivity index (χ0n) is 17.0. The molecule has 30 heavy (non-hydrogen) atoms. The van der Waals surface area contributed by atoms with Crippen LogP contribution in [0.4, 0.5) is 0 Å². The molecular formula is C22H25N5O3. The van der Waals surface area contributed by atoms with E-state index in [4.69, 9.17) is 9.84 Å². The second kappa shape index (κ2) is 7.68. The molecule has 1 N–H and O–H groups in total. The van der Waals surface area contributed by atoms with Crippen molar-refractivity contribution in [3.8, 4) is 0 Å². The van der Waals surface area contributed by atoms with Crippen LogP contribution in [0.3, 0.4) is 0 Å². The van der Waals surface area contributed by atoms with E-state index in [9.17, 15) is 9.59 Å². The van der Waals surface area contributed by atoms with Gasteiger partial charge in [0, 0.05) is 43.7 Å². The van der Waals surface area contributed by atoms with Crippen molar-refractivity contribution in [2.75, 3.05) is 26.3 Å². The lowest BCUT2D eigenvalue weighted by molar-refractivity contribution is 0.0786. The van der Waals surface area contributed by atoms with Crippen LogP contribution in [0.15, 0.2) is 41.3 Å². The second-order valence-corrected chi connectivity index (χ2v) is 8.30. The van der Waals surface area contributed by atoms with Crippen molar-refractivity contribution in [2.45, 2.75) is 31.6 Å². The molecule has 0 bridgehead atoms. The van der Waals surface area contributed by atoms with Crippen molar-refractivity contribution in [2.24, 2.45) is 5.92 Å². The fraction of sp³-hybridized carbons (Fsp3) is 0.455. The molecule has 0 radical (unpaired) electrons. The molecule has 8 nitrogen and oxygen atoms in total. The maximum atomic E-state index is 12.9. The third kappa shape index (κ3) is 3.31. The van der Waals surface area contributed by atoms with E-state index in [0.29, 0.717) is 43.2 Å². The Bertz CT molecular complexity index is 1120. The minimum Gasteiger partial charge on any atom is -0.381 e. The molecule has 2 atom stereocenters. The van der Waals surface area contributed by atoms with Crippen molar-refractivity contribution in [3.63, 3.8) is 0 Å². The number of fused-ring (bicyclic) bond motifs is 1. The highest BCUT2D eigenvalue weighted by Gasteiger charge is 2.36. The Labute approximate surface area is 173 Å². The minimum absolute atomic E-state index is 0.0129. The summed E-state index contributed by atoms with van der Waals surface area (Å²) in [6.07, 6.45) is 3.36. The molecule has 1 amide bonds. The first-order chi connectivity index (χ1) is 14.6. The summed E-state index contributed by atoms with van der Waals surface area (Å²) >= 11 is 0. The van der Waals surface area contributed by atoms with Gasteiger partial charge in [-0.25, -0.2) is 9.50 Å². The lowest BCUT2D eigenvalue weighted by atomic mass is 9.97. The molecule has 0 aliphatic carbocycles. The summed E-state index contributed by atoms with van der Waals surface area (Å²) in [5, 5.41) is 4.79. The van der Waals surface area contributed by atoms with Gasteiger partial charge in [0.25, 0.3) is 11.5 Å². The van der Waals surface area contributed by atoms with Crippen LogP contribution >= 0.6 is 0 Å². The fourth-order valence-electron chi connectivity index (χ4n) is 4.59. The molecule has 2 aliphatic heterocycles. The monoisotopic (exact) mass is 407 g/mol. The largest absolute Gasteiger partial charge is 0.381 e. The number of rotatable bonds is 3. The van der Waals surface area contributed by atoms with E-state index < -0.39 is 0 Å². The quantitative estimate of drug-likeness (QED) is 0.718. The normalized spacial score (nSPS) is 22.6. The lowest BCUT2D eigenvalue weighted by Crippen LogP contribution is -2.29. The summed E-state index contributed by atoms with van der Waals surface area (Å²) in [6, 6.07) is 9.30. The molecule has 2 aliphatic rings. The number of hydrogen-bond donors (Lipinski definition) is 1. The maximum absolute atomic E-state index is 12.9. The highest BCUT2D eigenvalue weighted by atomic mass is 16.5. The molecule has 8 heteroatoms. The molecule has 2 saturated heterocycles. The van der Waals surface area contributed by atoms with Crippen LogP contribution in [-0.4, -0.2) is 56.7 Å². The first-order valence-corrected chi connectivity index (χ1v) is 10.5. The van der Waals surface area contributed by atoms with Crippen LogP contribution < -0.4 is 5.56 Å². The van der Waals surface area contributed by atoms with E-state index in [-0.39, 0.29) is 29.2 Å². The predicted molar refractivity (Wildman–Crippen MR) is 111 cm³/mol. The Hall–Kier alpha value is -3.00. The standard InChI is InChI=1S/C22H25N5O3/c1-14-12-26(22(29)16-5-3-2-4-6-16)13-17(14)19-24-21(28)18-11-23-20(27(18)25-19)15-7-9-30-10-8-15/h2-6,11,14-15,17H,7-10,12-13H2,1H3,(H,24,25,28). The number of nitrogens with zero attached hydrogens (tertiary/aromatic N) is 4. The van der Waals surface area contributed by atoms with E-state index in [1.807, 2.05) is 35.2 Å². The van der Waals surface area contributed by atoms with Crippen LogP contribution in [-0.2, 0) is 4.74 Å². The van der Waals surface area contributed by atoms with E-state index in [1.165, 1.54) is 0 Å². The molecule has 5 rings (SSSR count). The second-order valence-electron chi connectivity index (χ2n) is 8.30. The number of carbonyl (C=O) groups excluding carboxylic acids is 1. The van der Waals surface area contributed by atoms with Gasteiger partial charge in [0.15, 0.2) is 5.52 Å². The van der Waals surface area contributed by atoms with Gasteiger partial charge in [0.2, 0.25) is 0 Å². The van der Waals surface area contributed by atoms with Crippen molar-refractivity contribution in [3.05, 3.63) is 64.1 Å². The van der Waals surface area contributed by atoms with Crippen molar-refractivity contribution < 1.29 is 9.53 Å². The number of hydrogen-bond acceptors (Lipinski definition) is 5. The number of ether oxygens (including phenoxy) is 1. The summed E-state index contributed by atoms with van der Waals surface area (Å²) in [5.41, 5.74) is 0.952. The molecular weight excluding hydrogens is 382 g/mol. The highest BCUT2D eigenvalue weighted by Crippen LogP contribution is 2.31. The van der Waals surface area contributed by atoms with E-state index >= 15 is 0 Å². The summed E-state index contributed by atoms with van der Waals surface area (Å²) in [5.74, 6) is 1.85. The molecule has 156 valence electrons. The third-order valence-corrected chi connectivity index (χ3v) is 6.30. The number of benzene rings is 1. The van der Waals surface area contributed by atoms with Crippen LogP contribution in [0.25, 0.3) is 5.52 Å². The number of likely N-dealkylation sites (tertiary alicyclic amines) is 1. The van der Waals surface area contributed by atoms with Gasteiger partial charge in [-0.1, -0.05) is 25.1 Å². The zero-order chi connectivity index (χ0) is 20.7. The van der Waals surface area contributed by atoms with Gasteiger partial charge in [-0.05, 0) is 30.9 Å². The van der Waals surface area contributed by atoms with Gasteiger partial charge < -0.3 is 14.6 Å². The van der Waals surface area contributed by atoms with Crippen molar-refractivity contribution in [1.29, 1.82) is 0 Å². The number of nitrogens with one attached hydrogen (secondary N) is 1. The molecule has 2 unspecified atom stereocenters. The van der Waals surface area contributed by atoms with Crippen molar-refractivity contribution >= 4 is 11.4 Å². The molecule has 3 aromatic rings. The van der Waals surface area contributed by atoms with Crippen LogP contribution in [0, 0.1) is 5.92 Å². The average molecular weight is 407 g/mol. The number of carbonyl (C=O) groups is 1. The molecule has 0 spiro atoms. The van der Waals surface area contributed by atoms with Gasteiger partial charge in [-0.15, -0.1) is 0 Å². The number of H-pyrrole nitrogens is 1. The first-order valence-electron chi connectivity index (χ1n) is 10.5. The Morgan fingerprint density at radius 3 is 2.70 bits per heavy atom. The van der Waals surface area contributed by atoms with E-state index in [2.05, 4.69) is 16.9 Å². The molecule has 4 heterocycles. The van der Waals surface area contributed by atoms with Crippen LogP contribution in [0.5, 0.6) is 0 Å². The Morgan fingerprint density at radius 1 is 1.17 bits per heavy atom. The maximum Gasteiger partial charge on any atom is 0.276 e. The summed E-state index contributed by atoms with van der Waals surface area (Å²) in [4.78, 5) is 34.9. The van der Waals surface area contributed by atoms with E-state index in [1.54, 1.807) is 10.7 Å². The number of aromatic nitrogens is 4. The first kappa shape index (κ1) is 19.0. The minimum atomic E-state index is -0.189. The smallest absolute Gasteiger partial charge is 0.276 e. The number of imidazole rings is 1. The van der Waals surface area contributed by atoms with Gasteiger partial charge in [-0.3, -0.25) is 9.59 Å². The Morgan fingerprint density at radius 2 is 1.93 bits per heavy atom. The fourth-order valence-corrected chi connectivity index (χ4v) is 4.59. The summed E-state index contributed by atoms with van der Waals surface area (Å²) < 4.78 is 7.17. The number of aromatic amines is 1. The molecule has 1 aromatic carbocycles. The average Bonchev–Trinajstić information content (AvgIpc) is 3.38. The van der Waals surface area contributed by atoms with Crippen LogP contribution in [0.2, 0.25) is 0 Å². The lowest BCUT2D eigenvalue weighted by Gasteiger charge is -2.21. The van der Waals surface area contributed by atoms with Crippen molar-refractivity contribution in [1.82, 2.24) is 24.5 Å². The zero-order valence-corrected chi connectivity index (χ0v) is 17.0. The Kier molecular flexibility index (Phi) is 4.86. The van der Waals surface area contributed by atoms with Gasteiger partial charge >= 0.3 is 0 Å². The highest BCUT2D eigenvalue weighted by molar-refractivity contribution is 5.94. The van der Waals surface area contributed by atoms with Gasteiger partial charge in [0.05, 0.1) is 6.20 Å². The summed E-state index contributed by atoms with van der Waals surface area (Å²) in [6.45, 7) is 4.67. The molecule has 2 aromatic heterocycles. The number of amides is 1. The molecule has 0 saturated carbocycles. The summed E-state index contributed by atoms with van der Waals surface area (Å²) in [7, 11) is 0.